The maximum atomic E-state index is 12.7. The van der Waals surface area contributed by atoms with Gasteiger partial charge in [-0.25, -0.2) is 4.79 Å². The van der Waals surface area contributed by atoms with E-state index in [1.54, 1.807) is 43.9 Å². The molecule has 1 aliphatic rings. The Morgan fingerprint density at radius 1 is 1.22 bits per heavy atom. The van der Waals surface area contributed by atoms with Gasteiger partial charge < -0.3 is 25.4 Å². The number of morpholine rings is 1. The zero-order chi connectivity index (χ0) is 20.0. The lowest BCUT2D eigenvalue weighted by atomic mass is 9.99. The molecule has 3 amide bonds. The molecule has 1 heterocycles. The van der Waals surface area contributed by atoms with Crippen molar-refractivity contribution in [3.8, 4) is 0 Å². The molecule has 0 unspecified atom stereocenters. The second-order valence-corrected chi connectivity index (χ2v) is 7.24. The van der Waals surface area contributed by atoms with Crippen LogP contribution in [0.25, 0.3) is 0 Å². The Hall–Kier alpha value is -2.61. The van der Waals surface area contributed by atoms with Crippen LogP contribution in [0, 0.1) is 6.92 Å². The maximum Gasteiger partial charge on any atom is 0.319 e. The number of hydrogen-bond donors (Lipinski definition) is 3. The van der Waals surface area contributed by atoms with E-state index in [0.717, 1.165) is 0 Å². The monoisotopic (exact) mass is 377 g/mol. The summed E-state index contributed by atoms with van der Waals surface area (Å²) < 4.78 is 5.28. The molecule has 1 fully saturated rings. The van der Waals surface area contributed by atoms with E-state index in [2.05, 4.69) is 10.6 Å². The van der Waals surface area contributed by atoms with E-state index in [-0.39, 0.29) is 12.3 Å². The molecule has 0 spiro atoms. The number of amides is 3. The molecule has 27 heavy (non-hydrogen) atoms. The first-order valence-corrected chi connectivity index (χ1v) is 8.97. The molecule has 8 heteroatoms. The Balaban J connectivity index is 2.05. The molecular weight excluding hydrogens is 350 g/mol. The number of anilines is 1. The fourth-order valence-electron chi connectivity index (χ4n) is 2.88. The number of benzene rings is 1. The minimum atomic E-state index is -0.907. The molecule has 3 N–H and O–H groups in total. The predicted octanol–water partition coefficient (Wildman–Crippen LogP) is 2.23. The third-order valence-corrected chi connectivity index (χ3v) is 4.53. The highest BCUT2D eigenvalue weighted by Gasteiger charge is 2.23. The van der Waals surface area contributed by atoms with Gasteiger partial charge in [-0.1, -0.05) is 6.07 Å². The zero-order valence-corrected chi connectivity index (χ0v) is 16.0. The standard InChI is InChI=1S/C19H27N3O5/c1-13-14(17(25)22-9-11-27-12-10-22)5-4-6-15(13)20-18(26)21-19(2,3)8-7-16(23)24/h4-6H,7-12H2,1-3H3,(H,23,24)(H2,20,21,26). The van der Waals surface area contributed by atoms with Crippen molar-refractivity contribution in [1.29, 1.82) is 0 Å². The second kappa shape index (κ2) is 8.85. The largest absolute Gasteiger partial charge is 0.481 e. The summed E-state index contributed by atoms with van der Waals surface area (Å²) in [6, 6.07) is 4.76. The fraction of sp³-hybridized carbons (Fsp3) is 0.526. The highest BCUT2D eigenvalue weighted by atomic mass is 16.5. The number of ether oxygens (including phenoxy) is 1. The van der Waals surface area contributed by atoms with Crippen molar-refractivity contribution in [1.82, 2.24) is 10.2 Å². The highest BCUT2D eigenvalue weighted by molar-refractivity contribution is 5.99. The number of urea groups is 1. The smallest absolute Gasteiger partial charge is 0.319 e. The van der Waals surface area contributed by atoms with Crippen LogP contribution in [0.4, 0.5) is 10.5 Å². The number of nitrogens with one attached hydrogen (secondary N) is 2. The van der Waals surface area contributed by atoms with Gasteiger partial charge >= 0.3 is 12.0 Å². The summed E-state index contributed by atoms with van der Waals surface area (Å²) in [5.74, 6) is -0.989. The van der Waals surface area contributed by atoms with Gasteiger partial charge in [-0.3, -0.25) is 9.59 Å². The van der Waals surface area contributed by atoms with Gasteiger partial charge in [0, 0.05) is 36.3 Å². The van der Waals surface area contributed by atoms with Crippen LogP contribution in [0.2, 0.25) is 0 Å². The Bertz CT molecular complexity index is 711. The first kappa shape index (κ1) is 20.7. The lowest BCUT2D eigenvalue weighted by Crippen LogP contribution is -2.46. The maximum absolute atomic E-state index is 12.7. The summed E-state index contributed by atoms with van der Waals surface area (Å²) in [6.07, 6.45) is 0.278. The highest BCUT2D eigenvalue weighted by Crippen LogP contribution is 2.21. The molecule has 1 aromatic carbocycles. The van der Waals surface area contributed by atoms with E-state index in [0.29, 0.717) is 49.5 Å². The van der Waals surface area contributed by atoms with Crippen molar-refractivity contribution < 1.29 is 24.2 Å². The molecular formula is C19H27N3O5. The van der Waals surface area contributed by atoms with E-state index in [9.17, 15) is 14.4 Å². The minimum absolute atomic E-state index is 0.0319. The van der Waals surface area contributed by atoms with Crippen LogP contribution in [0.15, 0.2) is 18.2 Å². The van der Waals surface area contributed by atoms with Gasteiger partial charge in [-0.15, -0.1) is 0 Å². The Morgan fingerprint density at radius 2 is 1.89 bits per heavy atom. The van der Waals surface area contributed by atoms with Crippen LogP contribution in [0.3, 0.4) is 0 Å². The van der Waals surface area contributed by atoms with Gasteiger partial charge in [0.1, 0.15) is 0 Å². The number of rotatable bonds is 6. The van der Waals surface area contributed by atoms with Gasteiger partial charge in [-0.05, 0) is 44.9 Å². The third kappa shape index (κ3) is 5.96. The van der Waals surface area contributed by atoms with Crippen LogP contribution >= 0.6 is 0 Å². The summed E-state index contributed by atoms with van der Waals surface area (Å²) in [4.78, 5) is 37.5. The van der Waals surface area contributed by atoms with Crippen molar-refractivity contribution in [2.24, 2.45) is 0 Å². The summed E-state index contributed by atoms with van der Waals surface area (Å²) in [5, 5.41) is 14.3. The van der Waals surface area contributed by atoms with Crippen LogP contribution in [0.5, 0.6) is 0 Å². The molecule has 1 aromatic rings. The lowest BCUT2D eigenvalue weighted by Gasteiger charge is -2.28. The summed E-state index contributed by atoms with van der Waals surface area (Å²) in [5.41, 5.74) is 1.10. The third-order valence-electron chi connectivity index (χ3n) is 4.53. The molecule has 2 rings (SSSR count). The normalized spacial score (nSPS) is 14.6. The molecule has 0 radical (unpaired) electrons. The fourth-order valence-corrected chi connectivity index (χ4v) is 2.88. The number of carbonyl (C=O) groups is 3. The minimum Gasteiger partial charge on any atom is -0.481 e. The SMILES string of the molecule is Cc1c(NC(=O)NC(C)(C)CCC(=O)O)cccc1C(=O)N1CCOCC1. The van der Waals surface area contributed by atoms with Crippen LogP contribution in [-0.4, -0.2) is 59.8 Å². The predicted molar refractivity (Wildman–Crippen MR) is 101 cm³/mol. The number of nitrogens with zero attached hydrogens (tertiary/aromatic N) is 1. The summed E-state index contributed by atoms with van der Waals surface area (Å²) in [7, 11) is 0. The topological polar surface area (TPSA) is 108 Å². The Labute approximate surface area is 158 Å². The number of carboxylic acids is 1. The van der Waals surface area contributed by atoms with Gasteiger partial charge in [0.15, 0.2) is 0 Å². The molecule has 1 aliphatic heterocycles. The van der Waals surface area contributed by atoms with E-state index in [1.807, 2.05) is 0 Å². The van der Waals surface area contributed by atoms with Crippen molar-refractivity contribution in [3.63, 3.8) is 0 Å². The van der Waals surface area contributed by atoms with Gasteiger partial charge in [0.25, 0.3) is 5.91 Å². The quantitative estimate of drug-likeness (QED) is 0.705. The van der Waals surface area contributed by atoms with E-state index < -0.39 is 17.5 Å². The molecule has 0 aromatic heterocycles. The zero-order valence-electron chi connectivity index (χ0n) is 16.0. The Kier molecular flexibility index (Phi) is 6.79. The average Bonchev–Trinajstić information content (AvgIpc) is 2.61. The molecule has 0 aliphatic carbocycles. The second-order valence-electron chi connectivity index (χ2n) is 7.24. The van der Waals surface area contributed by atoms with Gasteiger partial charge in [-0.2, -0.15) is 0 Å². The van der Waals surface area contributed by atoms with E-state index in [1.165, 1.54) is 0 Å². The van der Waals surface area contributed by atoms with Crippen molar-refractivity contribution in [2.75, 3.05) is 31.6 Å². The number of hydrogen-bond acceptors (Lipinski definition) is 4. The van der Waals surface area contributed by atoms with Crippen molar-refractivity contribution >= 4 is 23.6 Å². The van der Waals surface area contributed by atoms with E-state index >= 15 is 0 Å². The van der Waals surface area contributed by atoms with Gasteiger partial charge in [0.05, 0.1) is 13.2 Å². The molecule has 0 saturated carbocycles. The molecule has 0 bridgehead atoms. The Morgan fingerprint density at radius 3 is 2.52 bits per heavy atom. The van der Waals surface area contributed by atoms with E-state index in [4.69, 9.17) is 9.84 Å². The first-order chi connectivity index (χ1) is 12.7. The first-order valence-electron chi connectivity index (χ1n) is 8.97. The van der Waals surface area contributed by atoms with Crippen molar-refractivity contribution in [2.45, 2.75) is 39.2 Å². The van der Waals surface area contributed by atoms with Crippen LogP contribution in [-0.2, 0) is 9.53 Å². The molecule has 8 nitrogen and oxygen atoms in total. The number of aliphatic carboxylic acids is 1. The average molecular weight is 377 g/mol. The molecule has 0 atom stereocenters. The molecule has 1 saturated heterocycles. The summed E-state index contributed by atoms with van der Waals surface area (Å²) >= 11 is 0. The van der Waals surface area contributed by atoms with Crippen LogP contribution < -0.4 is 10.6 Å². The lowest BCUT2D eigenvalue weighted by molar-refractivity contribution is -0.137. The molecule has 148 valence electrons. The summed E-state index contributed by atoms with van der Waals surface area (Å²) in [6.45, 7) is 7.47. The van der Waals surface area contributed by atoms with Crippen molar-refractivity contribution in [3.05, 3.63) is 29.3 Å². The van der Waals surface area contributed by atoms with Gasteiger partial charge in [0.2, 0.25) is 0 Å². The number of carbonyl (C=O) groups excluding carboxylic acids is 2. The number of carboxylic acid groups (broad SMARTS) is 1. The van der Waals surface area contributed by atoms with Crippen LogP contribution in [0.1, 0.15) is 42.6 Å².